The summed E-state index contributed by atoms with van der Waals surface area (Å²) in [7, 11) is -1.45. The van der Waals surface area contributed by atoms with Gasteiger partial charge in [-0.05, 0) is 11.9 Å². The first kappa shape index (κ1) is 15.7. The van der Waals surface area contributed by atoms with Crippen LogP contribution < -0.4 is 5.32 Å². The van der Waals surface area contributed by atoms with Crippen LogP contribution in [0.5, 0.6) is 0 Å². The van der Waals surface area contributed by atoms with Crippen LogP contribution in [-0.4, -0.2) is 53.5 Å². The van der Waals surface area contributed by atoms with Crippen molar-refractivity contribution in [1.29, 1.82) is 0 Å². The summed E-state index contributed by atoms with van der Waals surface area (Å²) in [5.74, 6) is -0.333. The highest BCUT2D eigenvalue weighted by Gasteiger charge is 2.25. The van der Waals surface area contributed by atoms with Crippen LogP contribution in [0.3, 0.4) is 0 Å². The van der Waals surface area contributed by atoms with E-state index in [0.717, 1.165) is 0 Å². The van der Waals surface area contributed by atoms with Crippen LogP contribution in [0.25, 0.3) is 0 Å². The first-order valence-corrected chi connectivity index (χ1v) is 6.33. The topological polar surface area (TPSA) is 89.9 Å². The Hall–Kier alpha value is -1.34. The van der Waals surface area contributed by atoms with E-state index in [1.165, 1.54) is 0 Å². The van der Waals surface area contributed by atoms with E-state index in [-0.39, 0.29) is 18.4 Å². The molecule has 106 valence electrons. The fourth-order valence-electron chi connectivity index (χ4n) is 1.68. The lowest BCUT2D eigenvalue weighted by molar-refractivity contribution is -0.135. The van der Waals surface area contributed by atoms with Gasteiger partial charge in [0.25, 0.3) is 0 Å². The van der Waals surface area contributed by atoms with Crippen LogP contribution in [-0.2, 0) is 9.59 Å². The highest BCUT2D eigenvalue weighted by molar-refractivity contribution is 6.50. The van der Waals surface area contributed by atoms with Crippen LogP contribution in [0.2, 0.25) is 0 Å². The largest absolute Gasteiger partial charge is 0.483 e. The standard InChI is InChI=1S/C12H21BN2O4/c1-12(2,3)11(17)14-8-10(16)15-6-4-9(5-7-15)13(18)19/h4,18-19H,5-8H2,1-3H3,(H,14,17). The Balaban J connectivity index is 2.43. The van der Waals surface area contributed by atoms with Crippen molar-refractivity contribution in [2.75, 3.05) is 19.6 Å². The Morgan fingerprint density at radius 2 is 2.05 bits per heavy atom. The van der Waals surface area contributed by atoms with Gasteiger partial charge in [-0.1, -0.05) is 26.8 Å². The molecule has 0 unspecified atom stereocenters. The van der Waals surface area contributed by atoms with Gasteiger partial charge in [0.2, 0.25) is 11.8 Å². The molecular weight excluding hydrogens is 247 g/mol. The average molecular weight is 268 g/mol. The number of nitrogens with one attached hydrogen (secondary N) is 1. The van der Waals surface area contributed by atoms with Crippen LogP contribution in [0, 0.1) is 5.41 Å². The molecule has 0 radical (unpaired) electrons. The fraction of sp³-hybridized carbons (Fsp3) is 0.667. The van der Waals surface area contributed by atoms with E-state index in [9.17, 15) is 9.59 Å². The molecule has 0 saturated carbocycles. The molecule has 6 nitrogen and oxygen atoms in total. The third kappa shape index (κ3) is 4.68. The lowest BCUT2D eigenvalue weighted by Gasteiger charge is -2.27. The third-order valence-electron chi connectivity index (χ3n) is 3.01. The molecule has 1 rings (SSSR count). The summed E-state index contributed by atoms with van der Waals surface area (Å²) < 4.78 is 0. The Labute approximate surface area is 113 Å². The minimum absolute atomic E-state index is 0.0268. The quantitative estimate of drug-likeness (QED) is 0.591. The molecule has 0 spiro atoms. The molecule has 0 aromatic carbocycles. The number of hydrogen-bond acceptors (Lipinski definition) is 4. The van der Waals surface area contributed by atoms with Crippen molar-refractivity contribution in [3.63, 3.8) is 0 Å². The Morgan fingerprint density at radius 3 is 2.47 bits per heavy atom. The summed E-state index contributed by atoms with van der Waals surface area (Å²) in [6.45, 7) is 6.11. The van der Waals surface area contributed by atoms with Gasteiger partial charge in [0, 0.05) is 18.5 Å². The molecule has 2 amide bonds. The zero-order chi connectivity index (χ0) is 14.6. The normalized spacial score (nSPS) is 15.8. The van der Waals surface area contributed by atoms with E-state index in [0.29, 0.717) is 25.0 Å². The van der Waals surface area contributed by atoms with Gasteiger partial charge >= 0.3 is 7.12 Å². The van der Waals surface area contributed by atoms with Crippen molar-refractivity contribution in [2.24, 2.45) is 5.41 Å². The minimum Gasteiger partial charge on any atom is -0.423 e. The number of carbonyl (C=O) groups is 2. The van der Waals surface area contributed by atoms with Crippen LogP contribution >= 0.6 is 0 Å². The smallest absolute Gasteiger partial charge is 0.423 e. The number of nitrogens with zero attached hydrogens (tertiary/aromatic N) is 1. The summed E-state index contributed by atoms with van der Waals surface area (Å²) in [6, 6.07) is 0. The molecule has 0 aromatic rings. The SMILES string of the molecule is CC(C)(C)C(=O)NCC(=O)N1CC=C(B(O)O)CC1. The molecule has 7 heteroatoms. The fourth-order valence-corrected chi connectivity index (χ4v) is 1.68. The Kier molecular flexibility index (Phi) is 5.14. The first-order chi connectivity index (χ1) is 8.71. The van der Waals surface area contributed by atoms with Crippen molar-refractivity contribution in [2.45, 2.75) is 27.2 Å². The molecule has 0 aromatic heterocycles. The lowest BCUT2D eigenvalue weighted by Crippen LogP contribution is -2.45. The van der Waals surface area contributed by atoms with E-state index >= 15 is 0 Å². The van der Waals surface area contributed by atoms with E-state index in [4.69, 9.17) is 10.0 Å². The van der Waals surface area contributed by atoms with Crippen molar-refractivity contribution in [1.82, 2.24) is 10.2 Å². The molecule has 1 aliphatic heterocycles. The van der Waals surface area contributed by atoms with Crippen molar-refractivity contribution >= 4 is 18.9 Å². The maximum atomic E-state index is 11.9. The Morgan fingerprint density at radius 1 is 1.42 bits per heavy atom. The van der Waals surface area contributed by atoms with E-state index in [1.807, 2.05) is 0 Å². The lowest BCUT2D eigenvalue weighted by atomic mass is 9.76. The second-order valence-electron chi connectivity index (χ2n) is 5.68. The summed E-state index contributed by atoms with van der Waals surface area (Å²) in [6.07, 6.45) is 2.08. The van der Waals surface area contributed by atoms with Crippen molar-refractivity contribution in [3.05, 3.63) is 11.5 Å². The van der Waals surface area contributed by atoms with Crippen molar-refractivity contribution in [3.8, 4) is 0 Å². The van der Waals surface area contributed by atoms with Crippen molar-refractivity contribution < 1.29 is 19.6 Å². The van der Waals surface area contributed by atoms with Gasteiger partial charge in [-0.25, -0.2) is 0 Å². The predicted octanol–water partition coefficient (Wildman–Crippen LogP) is -0.681. The van der Waals surface area contributed by atoms with Crippen LogP contribution in [0.1, 0.15) is 27.2 Å². The third-order valence-corrected chi connectivity index (χ3v) is 3.01. The maximum Gasteiger partial charge on any atom is 0.483 e. The zero-order valence-corrected chi connectivity index (χ0v) is 11.6. The highest BCUT2D eigenvalue weighted by Crippen LogP contribution is 2.13. The van der Waals surface area contributed by atoms with E-state index in [1.54, 1.807) is 31.7 Å². The van der Waals surface area contributed by atoms with Gasteiger partial charge in [-0.15, -0.1) is 0 Å². The van der Waals surface area contributed by atoms with Gasteiger partial charge in [-0.2, -0.15) is 0 Å². The van der Waals surface area contributed by atoms with Gasteiger partial charge in [0.05, 0.1) is 6.54 Å². The summed E-state index contributed by atoms with van der Waals surface area (Å²) in [5.41, 5.74) is 0.0127. The van der Waals surface area contributed by atoms with E-state index < -0.39 is 12.5 Å². The van der Waals surface area contributed by atoms with Gasteiger partial charge in [0.15, 0.2) is 0 Å². The number of amides is 2. The second-order valence-corrected chi connectivity index (χ2v) is 5.68. The molecular formula is C12H21BN2O4. The van der Waals surface area contributed by atoms with Gasteiger partial charge < -0.3 is 20.3 Å². The second kappa shape index (κ2) is 6.21. The molecule has 0 aliphatic carbocycles. The molecule has 1 aliphatic rings. The van der Waals surface area contributed by atoms with E-state index in [2.05, 4.69) is 5.32 Å². The zero-order valence-electron chi connectivity index (χ0n) is 11.6. The first-order valence-electron chi connectivity index (χ1n) is 6.33. The number of hydrogen-bond donors (Lipinski definition) is 3. The van der Waals surface area contributed by atoms with Gasteiger partial charge in [-0.3, -0.25) is 9.59 Å². The average Bonchev–Trinajstić information content (AvgIpc) is 2.34. The predicted molar refractivity (Wildman–Crippen MR) is 71.9 cm³/mol. The van der Waals surface area contributed by atoms with Gasteiger partial charge in [0.1, 0.15) is 0 Å². The summed E-state index contributed by atoms with van der Waals surface area (Å²) in [4.78, 5) is 25.1. The number of carbonyl (C=O) groups excluding carboxylic acids is 2. The van der Waals surface area contributed by atoms with Crippen LogP contribution in [0.4, 0.5) is 0 Å². The Bertz CT molecular complexity index is 388. The summed E-state index contributed by atoms with van der Waals surface area (Å²) >= 11 is 0. The summed E-state index contributed by atoms with van der Waals surface area (Å²) in [5, 5.41) is 20.6. The number of rotatable bonds is 3. The highest BCUT2D eigenvalue weighted by atomic mass is 16.4. The molecule has 3 N–H and O–H groups in total. The van der Waals surface area contributed by atoms with Crippen LogP contribution in [0.15, 0.2) is 11.5 Å². The monoisotopic (exact) mass is 268 g/mol. The molecule has 1 heterocycles. The molecule has 0 atom stereocenters. The molecule has 19 heavy (non-hydrogen) atoms. The molecule has 0 saturated heterocycles. The molecule has 0 fully saturated rings. The maximum absolute atomic E-state index is 11.9. The minimum atomic E-state index is -1.45. The molecule has 0 bridgehead atoms.